The van der Waals surface area contributed by atoms with Crippen LogP contribution in [0.25, 0.3) is 0 Å². The Bertz CT molecular complexity index is 354. The second kappa shape index (κ2) is 3.96. The van der Waals surface area contributed by atoms with E-state index in [0.717, 1.165) is 0 Å². The van der Waals surface area contributed by atoms with Crippen molar-refractivity contribution >= 4 is 0 Å². The summed E-state index contributed by atoms with van der Waals surface area (Å²) in [7, 11) is 0. The van der Waals surface area contributed by atoms with Gasteiger partial charge in [0, 0.05) is 12.0 Å². The molecule has 0 saturated heterocycles. The standard InChI is InChI=1S/C7H6F6N2O/c8-6(9,10)4(16)1-3-2-14-15-5(3)7(11,12)13/h2,4,16H,1H2,(H,14,15). The number of H-pyrrole nitrogens is 1. The van der Waals surface area contributed by atoms with Gasteiger partial charge in [-0.3, -0.25) is 5.10 Å². The highest BCUT2D eigenvalue weighted by molar-refractivity contribution is 5.20. The van der Waals surface area contributed by atoms with Gasteiger partial charge in [-0.2, -0.15) is 31.4 Å². The van der Waals surface area contributed by atoms with Gasteiger partial charge in [0.05, 0.1) is 6.20 Å². The van der Waals surface area contributed by atoms with Crippen LogP contribution >= 0.6 is 0 Å². The van der Waals surface area contributed by atoms with Crippen molar-refractivity contribution in [2.75, 3.05) is 0 Å². The maximum Gasteiger partial charge on any atom is 0.433 e. The third kappa shape index (κ3) is 2.87. The Morgan fingerprint density at radius 2 is 1.81 bits per heavy atom. The summed E-state index contributed by atoms with van der Waals surface area (Å²) in [6, 6.07) is 0. The monoisotopic (exact) mass is 248 g/mol. The van der Waals surface area contributed by atoms with Gasteiger partial charge < -0.3 is 5.11 Å². The van der Waals surface area contributed by atoms with E-state index in [1.165, 1.54) is 0 Å². The van der Waals surface area contributed by atoms with Crippen LogP contribution in [0, 0.1) is 0 Å². The topological polar surface area (TPSA) is 48.9 Å². The van der Waals surface area contributed by atoms with E-state index in [-0.39, 0.29) is 0 Å². The lowest BCUT2D eigenvalue weighted by molar-refractivity contribution is -0.203. The molecule has 1 aromatic heterocycles. The molecule has 0 aliphatic heterocycles. The van der Waals surface area contributed by atoms with Gasteiger partial charge in [-0.25, -0.2) is 0 Å². The molecular formula is C7H6F6N2O. The van der Waals surface area contributed by atoms with Gasteiger partial charge >= 0.3 is 12.4 Å². The quantitative estimate of drug-likeness (QED) is 0.785. The molecule has 1 aromatic rings. The number of alkyl halides is 6. The van der Waals surface area contributed by atoms with Crippen LogP contribution in [-0.2, 0) is 12.6 Å². The highest BCUT2D eigenvalue weighted by Gasteiger charge is 2.41. The minimum Gasteiger partial charge on any atom is -0.383 e. The molecule has 1 unspecified atom stereocenters. The van der Waals surface area contributed by atoms with E-state index in [2.05, 4.69) is 5.10 Å². The summed E-state index contributed by atoms with van der Waals surface area (Å²) in [5.41, 5.74) is -2.10. The molecule has 0 radical (unpaired) electrons. The first-order valence-corrected chi connectivity index (χ1v) is 3.96. The number of aromatic amines is 1. The van der Waals surface area contributed by atoms with Crippen molar-refractivity contribution in [2.24, 2.45) is 0 Å². The fourth-order valence-electron chi connectivity index (χ4n) is 1.04. The van der Waals surface area contributed by atoms with Gasteiger partial charge in [0.1, 0.15) is 5.69 Å². The van der Waals surface area contributed by atoms with Crippen molar-refractivity contribution in [3.63, 3.8) is 0 Å². The van der Waals surface area contributed by atoms with Gasteiger partial charge in [0.25, 0.3) is 0 Å². The number of hydrogen-bond donors (Lipinski definition) is 2. The van der Waals surface area contributed by atoms with Crippen LogP contribution in [0.2, 0.25) is 0 Å². The van der Waals surface area contributed by atoms with Crippen molar-refractivity contribution in [3.05, 3.63) is 17.5 Å². The molecule has 9 heteroatoms. The maximum absolute atomic E-state index is 12.2. The van der Waals surface area contributed by atoms with E-state index < -0.39 is 36.1 Å². The zero-order chi connectivity index (χ0) is 12.6. The van der Waals surface area contributed by atoms with Gasteiger partial charge in [0.2, 0.25) is 0 Å². The van der Waals surface area contributed by atoms with E-state index in [4.69, 9.17) is 5.11 Å². The molecule has 0 bridgehead atoms. The Balaban J connectivity index is 2.87. The number of halogens is 6. The molecule has 3 nitrogen and oxygen atoms in total. The number of hydrogen-bond acceptors (Lipinski definition) is 2. The summed E-state index contributed by atoms with van der Waals surface area (Å²) in [6.45, 7) is 0. The number of aromatic nitrogens is 2. The first kappa shape index (κ1) is 12.8. The Hall–Kier alpha value is -1.25. The minimum absolute atomic E-state index is 0.609. The molecule has 0 aliphatic rings. The zero-order valence-electron chi connectivity index (χ0n) is 7.52. The molecule has 1 heterocycles. The van der Waals surface area contributed by atoms with Crippen LogP contribution in [0.5, 0.6) is 0 Å². The van der Waals surface area contributed by atoms with Crippen LogP contribution in [0.1, 0.15) is 11.3 Å². The van der Waals surface area contributed by atoms with Crippen molar-refractivity contribution < 1.29 is 31.4 Å². The third-order valence-electron chi connectivity index (χ3n) is 1.79. The largest absolute Gasteiger partial charge is 0.433 e. The molecule has 0 aliphatic carbocycles. The van der Waals surface area contributed by atoms with Crippen LogP contribution < -0.4 is 0 Å². The number of nitrogens with one attached hydrogen (secondary N) is 1. The summed E-state index contributed by atoms with van der Waals surface area (Å²) < 4.78 is 72.3. The van der Waals surface area contributed by atoms with Crippen molar-refractivity contribution in [1.29, 1.82) is 0 Å². The summed E-state index contributed by atoms with van der Waals surface area (Å²) in [6.07, 6.45) is -13.2. The fraction of sp³-hybridized carbons (Fsp3) is 0.571. The number of aliphatic hydroxyl groups is 1. The molecule has 16 heavy (non-hydrogen) atoms. The second-order valence-electron chi connectivity index (χ2n) is 3.03. The van der Waals surface area contributed by atoms with Crippen LogP contribution in [0.4, 0.5) is 26.3 Å². The van der Waals surface area contributed by atoms with E-state index in [0.29, 0.717) is 6.20 Å². The molecule has 1 rings (SSSR count). The van der Waals surface area contributed by atoms with Gasteiger partial charge in [-0.1, -0.05) is 0 Å². The first-order chi connectivity index (χ1) is 7.12. The average molecular weight is 248 g/mol. The second-order valence-corrected chi connectivity index (χ2v) is 3.03. The molecule has 1 atom stereocenters. The summed E-state index contributed by atoms with van der Waals surface area (Å²) >= 11 is 0. The molecule has 92 valence electrons. The van der Waals surface area contributed by atoms with Crippen molar-refractivity contribution in [1.82, 2.24) is 10.2 Å². The lowest BCUT2D eigenvalue weighted by Gasteiger charge is -2.14. The van der Waals surface area contributed by atoms with E-state index in [1.54, 1.807) is 5.10 Å². The Morgan fingerprint density at radius 3 is 2.25 bits per heavy atom. The lowest BCUT2D eigenvalue weighted by atomic mass is 10.1. The Labute approximate surface area is 85.1 Å². The Morgan fingerprint density at radius 1 is 1.25 bits per heavy atom. The highest BCUT2D eigenvalue weighted by atomic mass is 19.4. The molecule has 0 spiro atoms. The van der Waals surface area contributed by atoms with Gasteiger partial charge in [-0.15, -0.1) is 0 Å². The highest BCUT2D eigenvalue weighted by Crippen LogP contribution is 2.32. The number of nitrogens with zero attached hydrogens (tertiary/aromatic N) is 1. The molecule has 0 amide bonds. The van der Waals surface area contributed by atoms with Crippen molar-refractivity contribution in [2.45, 2.75) is 24.9 Å². The molecule has 0 fully saturated rings. The van der Waals surface area contributed by atoms with Crippen LogP contribution in [0.3, 0.4) is 0 Å². The predicted molar refractivity (Wildman–Crippen MR) is 39.4 cm³/mol. The summed E-state index contributed by atoms with van der Waals surface area (Å²) in [4.78, 5) is 0. The third-order valence-corrected chi connectivity index (χ3v) is 1.79. The van der Waals surface area contributed by atoms with Gasteiger partial charge in [0.15, 0.2) is 6.10 Å². The SMILES string of the molecule is OC(Cc1cn[nH]c1C(F)(F)F)C(F)(F)F. The van der Waals surface area contributed by atoms with Crippen LogP contribution in [0.15, 0.2) is 6.20 Å². The Kier molecular flexibility index (Phi) is 3.17. The predicted octanol–water partition coefficient (Wildman–Crippen LogP) is 1.89. The van der Waals surface area contributed by atoms with E-state index in [9.17, 15) is 26.3 Å². The van der Waals surface area contributed by atoms with Crippen molar-refractivity contribution in [3.8, 4) is 0 Å². The zero-order valence-corrected chi connectivity index (χ0v) is 7.52. The molecule has 2 N–H and O–H groups in total. The average Bonchev–Trinajstić information content (AvgIpc) is 2.49. The lowest BCUT2D eigenvalue weighted by Crippen LogP contribution is -2.31. The molecular weight excluding hydrogens is 242 g/mol. The molecule has 0 aromatic carbocycles. The fourth-order valence-corrected chi connectivity index (χ4v) is 1.04. The van der Waals surface area contributed by atoms with E-state index >= 15 is 0 Å². The summed E-state index contributed by atoms with van der Waals surface area (Å²) in [5, 5.41) is 13.2. The van der Waals surface area contributed by atoms with Crippen LogP contribution in [-0.4, -0.2) is 27.6 Å². The van der Waals surface area contributed by atoms with E-state index in [1.807, 2.05) is 0 Å². The smallest absolute Gasteiger partial charge is 0.383 e. The normalized spacial score (nSPS) is 15.2. The number of aliphatic hydroxyl groups excluding tert-OH is 1. The molecule has 0 saturated carbocycles. The maximum atomic E-state index is 12.2. The van der Waals surface area contributed by atoms with Gasteiger partial charge in [-0.05, 0) is 0 Å². The minimum atomic E-state index is -4.96. The summed E-state index contributed by atoms with van der Waals surface area (Å²) in [5.74, 6) is 0. The number of rotatable bonds is 2. The first-order valence-electron chi connectivity index (χ1n) is 3.96.